The molecule has 0 radical (unpaired) electrons. The summed E-state index contributed by atoms with van der Waals surface area (Å²) in [5.41, 5.74) is 2.72. The van der Waals surface area contributed by atoms with Crippen molar-refractivity contribution in [3.63, 3.8) is 0 Å². The number of ether oxygens (including phenoxy) is 2. The Hall–Kier alpha value is -5.14. The van der Waals surface area contributed by atoms with Gasteiger partial charge in [-0.3, -0.25) is 13.9 Å². The Labute approximate surface area is 269 Å². The highest BCUT2D eigenvalue weighted by Gasteiger charge is 2.37. The predicted molar refractivity (Wildman–Crippen MR) is 166 cm³/mol. The largest absolute Gasteiger partial charge is 0.493 e. The first-order chi connectivity index (χ1) is 22.2. The van der Waals surface area contributed by atoms with Gasteiger partial charge >= 0.3 is 11.9 Å². The monoisotopic (exact) mass is 688 g/mol. The van der Waals surface area contributed by atoms with E-state index in [0.29, 0.717) is 0 Å². The summed E-state index contributed by atoms with van der Waals surface area (Å²) < 4.78 is 74.0. The fourth-order valence-corrected chi connectivity index (χ4v) is 5.24. The van der Waals surface area contributed by atoms with E-state index >= 15 is 0 Å². The van der Waals surface area contributed by atoms with Crippen LogP contribution in [0.15, 0.2) is 111 Å². The molecule has 2 aromatic rings. The third kappa shape index (κ3) is 7.81. The van der Waals surface area contributed by atoms with Crippen LogP contribution in [0.2, 0.25) is 0 Å². The number of benzene rings is 2. The number of rotatable bonds is 11. The molecule has 2 aliphatic heterocycles. The Kier molecular flexibility index (Phi) is 10.4. The molecule has 0 bridgehead atoms. The molecule has 0 saturated carbocycles. The zero-order valence-corrected chi connectivity index (χ0v) is 26.3. The number of allylic oxidation sites excluding steroid dienone is 4. The number of anilines is 2. The third-order valence-corrected chi connectivity index (χ3v) is 8.18. The van der Waals surface area contributed by atoms with Gasteiger partial charge in [0.25, 0.3) is 26.1 Å². The summed E-state index contributed by atoms with van der Waals surface area (Å²) in [5, 5.41) is 17.0. The van der Waals surface area contributed by atoms with Crippen molar-refractivity contribution in [3.05, 3.63) is 95.9 Å². The van der Waals surface area contributed by atoms with Gasteiger partial charge in [-0.05, 0) is 68.5 Å². The van der Waals surface area contributed by atoms with Gasteiger partial charge in [-0.25, -0.2) is 20.0 Å². The van der Waals surface area contributed by atoms with Crippen LogP contribution in [0.3, 0.4) is 0 Å². The van der Waals surface area contributed by atoms with Gasteiger partial charge in [-0.1, -0.05) is 24.3 Å². The molecule has 0 fully saturated rings. The van der Waals surface area contributed by atoms with E-state index in [2.05, 4.69) is 10.5 Å². The van der Waals surface area contributed by atoms with Crippen LogP contribution in [0, 0.1) is 0 Å². The summed E-state index contributed by atoms with van der Waals surface area (Å²) in [5.74, 6) is -2.76. The average molecular weight is 689 g/mol. The fourth-order valence-electron chi connectivity index (χ4n) is 4.28. The lowest BCUT2D eigenvalue weighted by atomic mass is 10.1. The average Bonchev–Trinajstić information content (AvgIpc) is 3.52. The number of nitrogens with zero attached hydrogens (tertiary/aromatic N) is 3. The second kappa shape index (κ2) is 14.1. The van der Waals surface area contributed by atoms with Crippen molar-refractivity contribution >= 4 is 55.2 Å². The van der Waals surface area contributed by atoms with E-state index in [0.717, 1.165) is 34.3 Å². The lowest BCUT2D eigenvalue weighted by molar-refractivity contribution is -0.144. The molecule has 16 nitrogen and oxygen atoms in total. The molecule has 0 aromatic heterocycles. The maximum Gasteiger partial charge on any atom is 0.359 e. The first-order valence-electron chi connectivity index (χ1n) is 13.6. The maximum atomic E-state index is 13.2. The summed E-state index contributed by atoms with van der Waals surface area (Å²) >= 11 is 0. The summed E-state index contributed by atoms with van der Waals surface area (Å²) in [4.78, 5) is 37.7. The molecule has 0 saturated heterocycles. The number of hydrazone groups is 1. The lowest BCUT2D eigenvalue weighted by Crippen LogP contribution is -2.42. The second-order valence-corrected chi connectivity index (χ2v) is 12.3. The molecule has 47 heavy (non-hydrogen) atoms. The smallest absolute Gasteiger partial charge is 0.359 e. The van der Waals surface area contributed by atoms with E-state index in [9.17, 15) is 45.4 Å². The van der Waals surface area contributed by atoms with Gasteiger partial charge in [0.1, 0.15) is 0 Å². The maximum absolute atomic E-state index is 13.2. The van der Waals surface area contributed by atoms with Crippen molar-refractivity contribution in [1.29, 1.82) is 0 Å². The molecule has 4 N–H and O–H groups in total. The number of hydrogen-bond acceptors (Lipinski definition) is 13. The second-order valence-electron chi connectivity index (χ2n) is 9.48. The molecule has 2 heterocycles. The SMILES string of the molecule is CCOC(=O)C1=NN(c2ccc(S(=O)(=O)O)cc2)C(=O)C1=CC=CC=CC1=C(O)N(c2ccc(S(=O)(=O)O)cc2)NC1C(=O)OCC. The Morgan fingerprint density at radius 1 is 0.872 bits per heavy atom. The van der Waals surface area contributed by atoms with Crippen LogP contribution in [0.25, 0.3) is 0 Å². The van der Waals surface area contributed by atoms with Crippen LogP contribution < -0.4 is 15.4 Å². The Morgan fingerprint density at radius 2 is 1.43 bits per heavy atom. The predicted octanol–water partition coefficient (Wildman–Crippen LogP) is 2.21. The Bertz CT molecular complexity index is 1950. The third-order valence-electron chi connectivity index (χ3n) is 6.44. The summed E-state index contributed by atoms with van der Waals surface area (Å²) in [6.45, 7) is 3.21. The number of hydrogen-bond donors (Lipinski definition) is 4. The van der Waals surface area contributed by atoms with Crippen LogP contribution in [0.4, 0.5) is 11.4 Å². The number of nitrogens with one attached hydrogen (secondary N) is 1. The Balaban J connectivity index is 1.60. The number of amides is 1. The minimum Gasteiger partial charge on any atom is -0.493 e. The normalized spacial score (nSPS) is 18.1. The zero-order chi connectivity index (χ0) is 34.5. The molecule has 2 aliphatic rings. The quantitative estimate of drug-likeness (QED) is 0.115. The van der Waals surface area contributed by atoms with Crippen LogP contribution in [-0.2, 0) is 44.1 Å². The van der Waals surface area contributed by atoms with Crippen molar-refractivity contribution in [1.82, 2.24) is 5.43 Å². The minimum absolute atomic E-state index is 0.00305. The summed E-state index contributed by atoms with van der Waals surface area (Å²) in [6, 6.07) is 8.19. The van der Waals surface area contributed by atoms with Gasteiger partial charge in [0.2, 0.25) is 5.88 Å². The molecule has 2 aromatic carbocycles. The topological polar surface area (TPSA) is 230 Å². The molecule has 248 valence electrons. The molecule has 0 aliphatic carbocycles. The minimum atomic E-state index is -4.48. The molecule has 1 unspecified atom stereocenters. The first kappa shape index (κ1) is 34.7. The van der Waals surface area contributed by atoms with Crippen molar-refractivity contribution in [2.24, 2.45) is 5.10 Å². The van der Waals surface area contributed by atoms with Crippen molar-refractivity contribution in [2.45, 2.75) is 29.7 Å². The molecular formula is C29H28N4O12S2. The van der Waals surface area contributed by atoms with Crippen LogP contribution in [0.1, 0.15) is 13.8 Å². The van der Waals surface area contributed by atoms with Gasteiger partial charge in [0.15, 0.2) is 11.8 Å². The van der Waals surface area contributed by atoms with Gasteiger partial charge < -0.3 is 14.6 Å². The summed E-state index contributed by atoms with van der Waals surface area (Å²) in [6.07, 6.45) is 6.90. The highest BCUT2D eigenvalue weighted by Crippen LogP contribution is 2.29. The standard InChI is InChI=1S/C29H28N4O12S2/c1-3-44-28(36)24-22(26(34)32(30-24)18-10-14-20(15-11-18)46(38,39)40)8-6-5-7-9-23-25(29(37)45-4-2)31-33(27(23)35)19-12-16-21(17-13-19)47(41,42)43/h5-17,24,30,34H,3-4H2,1-2H3,(H,38,39,40)(H,41,42,43). The molecule has 0 spiro atoms. The number of carbonyl (C=O) groups excluding carboxylic acids is 3. The molecule has 18 heteroatoms. The van der Waals surface area contributed by atoms with Crippen molar-refractivity contribution < 1.29 is 54.9 Å². The van der Waals surface area contributed by atoms with Crippen molar-refractivity contribution in [2.75, 3.05) is 23.2 Å². The Morgan fingerprint density at radius 3 is 1.96 bits per heavy atom. The van der Waals surface area contributed by atoms with E-state index in [1.54, 1.807) is 13.8 Å². The van der Waals surface area contributed by atoms with Gasteiger partial charge in [0, 0.05) is 5.57 Å². The number of esters is 2. The van der Waals surface area contributed by atoms with E-state index in [-0.39, 0.29) is 46.3 Å². The van der Waals surface area contributed by atoms with E-state index < -0.39 is 54.9 Å². The van der Waals surface area contributed by atoms with E-state index in [1.807, 2.05) is 0 Å². The van der Waals surface area contributed by atoms with E-state index in [1.165, 1.54) is 54.6 Å². The molecular weight excluding hydrogens is 660 g/mol. The lowest BCUT2D eigenvalue weighted by Gasteiger charge is -2.20. The number of carbonyl (C=O) groups is 3. The highest BCUT2D eigenvalue weighted by atomic mass is 32.2. The number of aliphatic hydroxyl groups excluding tert-OH is 1. The van der Waals surface area contributed by atoms with E-state index in [4.69, 9.17) is 9.47 Å². The van der Waals surface area contributed by atoms with Crippen LogP contribution >= 0.6 is 0 Å². The van der Waals surface area contributed by atoms with Gasteiger partial charge in [0.05, 0.1) is 40.0 Å². The van der Waals surface area contributed by atoms with Crippen LogP contribution in [0.5, 0.6) is 0 Å². The number of hydrazine groups is 1. The zero-order valence-electron chi connectivity index (χ0n) is 24.7. The highest BCUT2D eigenvalue weighted by molar-refractivity contribution is 7.86. The van der Waals surface area contributed by atoms with Gasteiger partial charge in [-0.15, -0.1) is 0 Å². The molecule has 1 amide bonds. The molecule has 4 rings (SSSR count). The van der Waals surface area contributed by atoms with Gasteiger partial charge in [-0.2, -0.15) is 26.9 Å². The number of aliphatic hydroxyl groups is 1. The first-order valence-corrected chi connectivity index (χ1v) is 16.5. The summed E-state index contributed by atoms with van der Waals surface area (Å²) in [7, 11) is -8.94. The van der Waals surface area contributed by atoms with Crippen molar-refractivity contribution in [3.8, 4) is 0 Å². The molecule has 1 atom stereocenters. The fraction of sp³-hybridized carbons (Fsp3) is 0.172. The van der Waals surface area contributed by atoms with Crippen LogP contribution in [-0.4, -0.2) is 73.9 Å².